The Morgan fingerprint density at radius 2 is 2.05 bits per heavy atom. The lowest BCUT2D eigenvalue weighted by Gasteiger charge is -2.27. The molecule has 1 aliphatic carbocycles. The molecule has 0 aromatic heterocycles. The Balaban J connectivity index is 1.42. The molecule has 0 amide bonds. The topological polar surface area (TPSA) is 44.7 Å². The van der Waals surface area contributed by atoms with E-state index in [0.29, 0.717) is 19.3 Å². The number of nitrogens with zero attached hydrogens (tertiary/aromatic N) is 1. The maximum Gasteiger partial charge on any atom is 0.0897 e. The van der Waals surface area contributed by atoms with Crippen LogP contribution in [0, 0.1) is 5.92 Å². The Bertz CT molecular complexity index is 270. The van der Waals surface area contributed by atoms with Gasteiger partial charge in [-0.25, -0.2) is 0 Å². The zero-order valence-corrected chi connectivity index (χ0v) is 13.7. The maximum absolute atomic E-state index is 9.96. The summed E-state index contributed by atoms with van der Waals surface area (Å²) in [4.78, 5) is 2.53. The monoisotopic (exact) mass is 298 g/mol. The standard InChI is InChI=1S/C17H34N2O2/c1-15-6-4-7-17(12-15)21-14-16(20)13-18-8-5-11-19-9-2-3-10-19/h15-18,20H,2-14H2,1H3. The average molecular weight is 298 g/mol. The van der Waals surface area contributed by atoms with Gasteiger partial charge >= 0.3 is 0 Å². The number of aliphatic hydroxyl groups is 1. The number of nitrogens with one attached hydrogen (secondary N) is 1. The van der Waals surface area contributed by atoms with Crippen LogP contribution in [0.15, 0.2) is 0 Å². The molecule has 1 aliphatic heterocycles. The summed E-state index contributed by atoms with van der Waals surface area (Å²) < 4.78 is 5.86. The Kier molecular flexibility index (Phi) is 8.01. The summed E-state index contributed by atoms with van der Waals surface area (Å²) in [5.41, 5.74) is 0. The molecule has 21 heavy (non-hydrogen) atoms. The predicted molar refractivity (Wildman–Crippen MR) is 86.5 cm³/mol. The summed E-state index contributed by atoms with van der Waals surface area (Å²) in [7, 11) is 0. The second-order valence-electron chi connectivity index (χ2n) is 6.99. The van der Waals surface area contributed by atoms with Gasteiger partial charge in [0.1, 0.15) is 0 Å². The Morgan fingerprint density at radius 1 is 1.24 bits per heavy atom. The summed E-state index contributed by atoms with van der Waals surface area (Å²) in [5.74, 6) is 0.782. The van der Waals surface area contributed by atoms with E-state index in [0.717, 1.165) is 18.9 Å². The highest BCUT2D eigenvalue weighted by atomic mass is 16.5. The van der Waals surface area contributed by atoms with Gasteiger partial charge in [0.05, 0.1) is 18.8 Å². The molecule has 2 N–H and O–H groups in total. The number of ether oxygens (including phenoxy) is 1. The largest absolute Gasteiger partial charge is 0.389 e. The number of rotatable bonds is 9. The van der Waals surface area contributed by atoms with E-state index in [4.69, 9.17) is 4.74 Å². The molecule has 124 valence electrons. The third-order valence-corrected chi connectivity index (χ3v) is 4.82. The quantitative estimate of drug-likeness (QED) is 0.639. The van der Waals surface area contributed by atoms with Crippen molar-refractivity contribution >= 4 is 0 Å². The summed E-state index contributed by atoms with van der Waals surface area (Å²) in [6.45, 7) is 8.17. The molecule has 3 atom stereocenters. The minimum absolute atomic E-state index is 0.367. The van der Waals surface area contributed by atoms with Crippen LogP contribution in [0.2, 0.25) is 0 Å². The molecule has 0 aromatic carbocycles. The lowest BCUT2D eigenvalue weighted by Crippen LogP contribution is -2.34. The Morgan fingerprint density at radius 3 is 2.81 bits per heavy atom. The first-order valence-electron chi connectivity index (χ1n) is 8.97. The van der Waals surface area contributed by atoms with E-state index in [9.17, 15) is 5.11 Å². The van der Waals surface area contributed by atoms with Gasteiger partial charge in [-0.15, -0.1) is 0 Å². The number of hydrogen-bond donors (Lipinski definition) is 2. The first-order valence-corrected chi connectivity index (χ1v) is 8.97. The zero-order chi connectivity index (χ0) is 14.9. The van der Waals surface area contributed by atoms with Gasteiger partial charge in [0, 0.05) is 6.54 Å². The van der Waals surface area contributed by atoms with E-state index in [1.54, 1.807) is 0 Å². The minimum atomic E-state index is -0.367. The van der Waals surface area contributed by atoms with Crippen molar-refractivity contribution in [1.29, 1.82) is 0 Å². The Hall–Kier alpha value is -0.160. The van der Waals surface area contributed by atoms with Crippen LogP contribution in [0.5, 0.6) is 0 Å². The number of hydrogen-bond acceptors (Lipinski definition) is 4. The Labute approximate surface area is 130 Å². The van der Waals surface area contributed by atoms with Crippen LogP contribution in [0.1, 0.15) is 51.9 Å². The van der Waals surface area contributed by atoms with Crippen LogP contribution in [0.25, 0.3) is 0 Å². The summed E-state index contributed by atoms with van der Waals surface area (Å²) in [5, 5.41) is 13.3. The molecule has 2 rings (SSSR count). The molecule has 0 spiro atoms. The molecule has 0 radical (unpaired) electrons. The lowest BCUT2D eigenvalue weighted by atomic mass is 9.89. The molecule has 1 saturated carbocycles. The fourth-order valence-corrected chi connectivity index (χ4v) is 3.54. The molecular formula is C17H34N2O2. The highest BCUT2D eigenvalue weighted by Gasteiger charge is 2.20. The third kappa shape index (κ3) is 7.09. The number of aliphatic hydroxyl groups excluding tert-OH is 1. The van der Waals surface area contributed by atoms with Gasteiger partial charge in [-0.3, -0.25) is 0 Å². The zero-order valence-electron chi connectivity index (χ0n) is 13.7. The van der Waals surface area contributed by atoms with Gasteiger partial charge in [-0.05, 0) is 64.2 Å². The molecule has 3 unspecified atom stereocenters. The first-order chi connectivity index (χ1) is 10.2. The van der Waals surface area contributed by atoms with Crippen LogP contribution >= 0.6 is 0 Å². The first kappa shape index (κ1) is 17.2. The lowest BCUT2D eigenvalue weighted by molar-refractivity contribution is -0.0305. The van der Waals surface area contributed by atoms with E-state index in [1.165, 1.54) is 58.2 Å². The fourth-order valence-electron chi connectivity index (χ4n) is 3.54. The van der Waals surface area contributed by atoms with E-state index in [2.05, 4.69) is 17.1 Å². The van der Waals surface area contributed by atoms with E-state index >= 15 is 0 Å². The summed E-state index contributed by atoms with van der Waals surface area (Å²) in [6.07, 6.45) is 8.85. The molecule has 4 nitrogen and oxygen atoms in total. The summed E-state index contributed by atoms with van der Waals surface area (Å²) in [6, 6.07) is 0. The van der Waals surface area contributed by atoms with Crippen molar-refractivity contribution in [3.63, 3.8) is 0 Å². The van der Waals surface area contributed by atoms with Crippen LogP contribution in [0.4, 0.5) is 0 Å². The van der Waals surface area contributed by atoms with Crippen molar-refractivity contribution in [2.75, 3.05) is 39.3 Å². The summed E-state index contributed by atoms with van der Waals surface area (Å²) >= 11 is 0. The molecule has 1 heterocycles. The second kappa shape index (κ2) is 9.78. The second-order valence-corrected chi connectivity index (χ2v) is 6.99. The van der Waals surface area contributed by atoms with Gasteiger partial charge < -0.3 is 20.1 Å². The number of likely N-dealkylation sites (tertiary alicyclic amines) is 1. The van der Waals surface area contributed by atoms with Crippen molar-refractivity contribution in [2.24, 2.45) is 5.92 Å². The normalized spacial score (nSPS) is 28.9. The van der Waals surface area contributed by atoms with Crippen LogP contribution in [-0.2, 0) is 4.74 Å². The molecule has 0 aromatic rings. The van der Waals surface area contributed by atoms with Crippen LogP contribution < -0.4 is 5.32 Å². The molecule has 4 heteroatoms. The van der Waals surface area contributed by atoms with Gasteiger partial charge in [0.15, 0.2) is 0 Å². The van der Waals surface area contributed by atoms with E-state index in [1.807, 2.05) is 0 Å². The van der Waals surface area contributed by atoms with Gasteiger partial charge in [0.25, 0.3) is 0 Å². The van der Waals surface area contributed by atoms with Crippen molar-refractivity contribution in [2.45, 2.75) is 64.1 Å². The van der Waals surface area contributed by atoms with Crippen molar-refractivity contribution in [1.82, 2.24) is 10.2 Å². The smallest absolute Gasteiger partial charge is 0.0897 e. The predicted octanol–water partition coefficient (Wildman–Crippen LogP) is 2.02. The third-order valence-electron chi connectivity index (χ3n) is 4.82. The minimum Gasteiger partial charge on any atom is -0.389 e. The van der Waals surface area contributed by atoms with Gasteiger partial charge in [-0.2, -0.15) is 0 Å². The van der Waals surface area contributed by atoms with Crippen molar-refractivity contribution < 1.29 is 9.84 Å². The van der Waals surface area contributed by atoms with Gasteiger partial charge in [0.2, 0.25) is 0 Å². The highest BCUT2D eigenvalue weighted by molar-refractivity contribution is 4.71. The molecule has 1 saturated heterocycles. The van der Waals surface area contributed by atoms with E-state index < -0.39 is 0 Å². The van der Waals surface area contributed by atoms with Crippen LogP contribution in [0.3, 0.4) is 0 Å². The maximum atomic E-state index is 9.96. The van der Waals surface area contributed by atoms with Gasteiger partial charge in [-0.1, -0.05) is 19.8 Å². The van der Waals surface area contributed by atoms with E-state index in [-0.39, 0.29) is 6.10 Å². The molecule has 2 fully saturated rings. The molecule has 0 bridgehead atoms. The van der Waals surface area contributed by atoms with Crippen molar-refractivity contribution in [3.8, 4) is 0 Å². The SMILES string of the molecule is CC1CCCC(OCC(O)CNCCCN2CCCC2)C1. The average Bonchev–Trinajstić information content (AvgIpc) is 2.98. The fraction of sp³-hybridized carbons (Fsp3) is 1.00. The van der Waals surface area contributed by atoms with Crippen LogP contribution in [-0.4, -0.2) is 61.5 Å². The highest BCUT2D eigenvalue weighted by Crippen LogP contribution is 2.25. The molecule has 2 aliphatic rings. The molecular weight excluding hydrogens is 264 g/mol. The van der Waals surface area contributed by atoms with Crippen molar-refractivity contribution in [3.05, 3.63) is 0 Å².